The molecule has 2 heterocycles. The van der Waals surface area contributed by atoms with Crippen molar-refractivity contribution in [3.05, 3.63) is 100 Å². The number of amides is 2. The Morgan fingerprint density at radius 3 is 2.47 bits per heavy atom. The molecule has 2 amide bonds. The zero-order valence-electron chi connectivity index (χ0n) is 24.3. The Morgan fingerprint density at radius 1 is 0.977 bits per heavy atom. The van der Waals surface area contributed by atoms with E-state index in [0.29, 0.717) is 26.1 Å². The van der Waals surface area contributed by atoms with Crippen LogP contribution in [0.4, 0.5) is 5.69 Å². The van der Waals surface area contributed by atoms with Crippen LogP contribution in [-0.2, 0) is 4.79 Å². The summed E-state index contributed by atoms with van der Waals surface area (Å²) in [7, 11) is 0. The minimum absolute atomic E-state index is 0.0772. The molecule has 0 bridgehead atoms. The Morgan fingerprint density at radius 2 is 1.74 bits per heavy atom. The molecule has 222 valence electrons. The van der Waals surface area contributed by atoms with Crippen molar-refractivity contribution in [2.75, 3.05) is 25.4 Å². The number of thioether (sulfide) groups is 1. The molecular weight excluding hydrogens is 564 g/mol. The molecule has 1 saturated heterocycles. The zero-order valence-corrected chi connectivity index (χ0v) is 25.1. The lowest BCUT2D eigenvalue weighted by Gasteiger charge is -2.40. The quantitative estimate of drug-likeness (QED) is 0.0983. The molecule has 0 spiro atoms. The fourth-order valence-corrected chi connectivity index (χ4v) is 6.12. The number of carbonyl (C=O) groups excluding carboxylic acids is 2. The maximum atomic E-state index is 13.0. The van der Waals surface area contributed by atoms with Crippen LogP contribution in [0.25, 0.3) is 17.1 Å². The van der Waals surface area contributed by atoms with Crippen molar-refractivity contribution in [3.63, 3.8) is 0 Å². The molecular formula is C32H34N6O4S. The normalized spacial score (nSPS) is 15.0. The van der Waals surface area contributed by atoms with Crippen LogP contribution in [-0.4, -0.2) is 72.7 Å². The molecule has 0 radical (unpaired) electrons. The van der Waals surface area contributed by atoms with Gasteiger partial charge in [-0.15, -0.1) is 10.2 Å². The van der Waals surface area contributed by atoms with Gasteiger partial charge in [0.25, 0.3) is 11.6 Å². The molecule has 1 aliphatic heterocycles. The second-order valence-electron chi connectivity index (χ2n) is 10.6. The molecule has 1 aromatic heterocycles. The lowest BCUT2D eigenvalue weighted by Crippen LogP contribution is -2.55. The standard InChI is InChI=1S/C32H34N6O4S/c1-23-14-16-25(17-15-23)30-33-34-32(37(30)27-10-4-3-5-11-27)43-20-7-6-13-29(39)35-18-19-36(24(2)22-35)31(40)26-9-8-12-28(21-26)38(41)42/h3-5,8-12,14-17,21,24H,6-7,13,18-20,22H2,1-2H3. The summed E-state index contributed by atoms with van der Waals surface area (Å²) in [5, 5.41) is 20.9. The third-order valence-electron chi connectivity index (χ3n) is 7.52. The van der Waals surface area contributed by atoms with E-state index in [4.69, 9.17) is 0 Å². The fourth-order valence-electron chi connectivity index (χ4n) is 5.17. The monoisotopic (exact) mass is 598 g/mol. The predicted octanol–water partition coefficient (Wildman–Crippen LogP) is 5.79. The van der Waals surface area contributed by atoms with Crippen LogP contribution in [0.15, 0.2) is 84.0 Å². The van der Waals surface area contributed by atoms with Crippen molar-refractivity contribution in [2.45, 2.75) is 44.3 Å². The van der Waals surface area contributed by atoms with Gasteiger partial charge in [0.1, 0.15) is 0 Å². The number of hydrogen-bond donors (Lipinski definition) is 0. The summed E-state index contributed by atoms with van der Waals surface area (Å²) in [6, 6.07) is 23.9. The highest BCUT2D eigenvalue weighted by Crippen LogP contribution is 2.29. The van der Waals surface area contributed by atoms with E-state index in [-0.39, 0.29) is 29.1 Å². The third kappa shape index (κ3) is 7.11. The predicted molar refractivity (Wildman–Crippen MR) is 166 cm³/mol. The number of para-hydroxylation sites is 1. The number of nitrogens with zero attached hydrogens (tertiary/aromatic N) is 6. The van der Waals surface area contributed by atoms with Crippen molar-refractivity contribution in [2.24, 2.45) is 0 Å². The van der Waals surface area contributed by atoms with Crippen LogP contribution >= 0.6 is 11.8 Å². The first-order chi connectivity index (χ1) is 20.8. The second-order valence-corrected chi connectivity index (χ2v) is 11.7. The molecule has 0 N–H and O–H groups in total. The minimum atomic E-state index is -0.508. The van der Waals surface area contributed by atoms with E-state index in [1.165, 1.54) is 23.8 Å². The van der Waals surface area contributed by atoms with Crippen LogP contribution in [0.3, 0.4) is 0 Å². The van der Waals surface area contributed by atoms with Crippen molar-refractivity contribution in [1.82, 2.24) is 24.6 Å². The largest absolute Gasteiger partial charge is 0.339 e. The Bertz CT molecular complexity index is 1590. The van der Waals surface area contributed by atoms with Gasteiger partial charge in [-0.05, 0) is 44.9 Å². The van der Waals surface area contributed by atoms with Gasteiger partial charge in [0.15, 0.2) is 11.0 Å². The van der Waals surface area contributed by atoms with E-state index in [2.05, 4.69) is 46.0 Å². The van der Waals surface area contributed by atoms with Gasteiger partial charge < -0.3 is 9.80 Å². The molecule has 5 rings (SSSR count). The SMILES string of the molecule is Cc1ccc(-c2nnc(SCCCCC(=O)N3CCN(C(=O)c4cccc([N+](=O)[O-])c4)C(C)C3)n2-c2ccccc2)cc1. The Balaban J connectivity index is 1.12. The highest BCUT2D eigenvalue weighted by Gasteiger charge is 2.30. The highest BCUT2D eigenvalue weighted by molar-refractivity contribution is 7.99. The van der Waals surface area contributed by atoms with E-state index >= 15 is 0 Å². The molecule has 0 saturated carbocycles. The number of nitro benzene ring substituents is 1. The topological polar surface area (TPSA) is 114 Å². The molecule has 1 fully saturated rings. The Hall–Kier alpha value is -4.51. The molecule has 10 nitrogen and oxygen atoms in total. The van der Waals surface area contributed by atoms with Gasteiger partial charge >= 0.3 is 0 Å². The summed E-state index contributed by atoms with van der Waals surface area (Å²) in [6.07, 6.45) is 2.03. The summed E-state index contributed by atoms with van der Waals surface area (Å²) in [5.74, 6) is 1.41. The van der Waals surface area contributed by atoms with Crippen LogP contribution in [0.1, 0.15) is 42.1 Å². The summed E-state index contributed by atoms with van der Waals surface area (Å²) in [6.45, 7) is 5.24. The van der Waals surface area contributed by atoms with Crippen LogP contribution in [0.5, 0.6) is 0 Å². The first kappa shape index (κ1) is 30.0. The van der Waals surface area contributed by atoms with Crippen LogP contribution in [0.2, 0.25) is 0 Å². The van der Waals surface area contributed by atoms with E-state index in [9.17, 15) is 19.7 Å². The van der Waals surface area contributed by atoms with Crippen LogP contribution < -0.4 is 0 Å². The lowest BCUT2D eigenvalue weighted by atomic mass is 10.1. The van der Waals surface area contributed by atoms with E-state index in [0.717, 1.165) is 40.8 Å². The molecule has 1 atom stereocenters. The molecule has 1 unspecified atom stereocenters. The summed E-state index contributed by atoms with van der Waals surface area (Å²) >= 11 is 1.63. The Kier molecular flexibility index (Phi) is 9.51. The lowest BCUT2D eigenvalue weighted by molar-refractivity contribution is -0.384. The highest BCUT2D eigenvalue weighted by atomic mass is 32.2. The summed E-state index contributed by atoms with van der Waals surface area (Å²) in [5.41, 5.74) is 3.35. The van der Waals surface area contributed by atoms with Crippen molar-refractivity contribution in [1.29, 1.82) is 0 Å². The summed E-state index contributed by atoms with van der Waals surface area (Å²) in [4.78, 5) is 40.1. The van der Waals surface area contributed by atoms with Crippen LogP contribution in [0, 0.1) is 17.0 Å². The maximum absolute atomic E-state index is 13.0. The van der Waals surface area contributed by atoms with E-state index in [1.807, 2.05) is 42.2 Å². The minimum Gasteiger partial charge on any atom is -0.339 e. The van der Waals surface area contributed by atoms with Gasteiger partial charge in [-0.3, -0.25) is 24.3 Å². The number of hydrogen-bond acceptors (Lipinski definition) is 7. The van der Waals surface area contributed by atoms with E-state index < -0.39 is 4.92 Å². The molecule has 11 heteroatoms. The third-order valence-corrected chi connectivity index (χ3v) is 8.53. The van der Waals surface area contributed by atoms with Gasteiger partial charge in [-0.2, -0.15) is 0 Å². The van der Waals surface area contributed by atoms with E-state index in [1.54, 1.807) is 22.7 Å². The first-order valence-corrected chi connectivity index (χ1v) is 15.3. The molecule has 3 aromatic carbocycles. The van der Waals surface area contributed by atoms with Gasteiger partial charge in [0.2, 0.25) is 5.91 Å². The first-order valence-electron chi connectivity index (χ1n) is 14.4. The number of non-ortho nitro benzene ring substituents is 1. The average molecular weight is 599 g/mol. The molecule has 4 aromatic rings. The number of unbranched alkanes of at least 4 members (excludes halogenated alkanes) is 1. The Labute approximate surface area is 254 Å². The number of rotatable bonds is 10. The number of aryl methyl sites for hydroxylation is 1. The second kappa shape index (κ2) is 13.6. The van der Waals surface area contributed by atoms with Gasteiger partial charge in [-0.25, -0.2) is 0 Å². The number of nitro groups is 1. The van der Waals surface area contributed by atoms with Gasteiger partial charge in [0, 0.05) is 66.8 Å². The summed E-state index contributed by atoms with van der Waals surface area (Å²) < 4.78 is 2.08. The maximum Gasteiger partial charge on any atom is 0.270 e. The van der Waals surface area contributed by atoms with Crippen molar-refractivity contribution >= 4 is 29.3 Å². The fraction of sp³-hybridized carbons (Fsp3) is 0.312. The number of piperazine rings is 1. The van der Waals surface area contributed by atoms with Crippen molar-refractivity contribution in [3.8, 4) is 17.1 Å². The van der Waals surface area contributed by atoms with Crippen molar-refractivity contribution < 1.29 is 14.5 Å². The number of benzene rings is 3. The smallest absolute Gasteiger partial charge is 0.270 e. The number of carbonyl (C=O) groups is 2. The molecule has 43 heavy (non-hydrogen) atoms. The number of aromatic nitrogens is 3. The average Bonchev–Trinajstić information content (AvgIpc) is 3.45. The van der Waals surface area contributed by atoms with Gasteiger partial charge in [0.05, 0.1) is 4.92 Å². The molecule has 1 aliphatic rings. The zero-order chi connectivity index (χ0) is 30.3. The van der Waals surface area contributed by atoms with Gasteiger partial charge in [-0.1, -0.05) is 65.9 Å². The molecule has 0 aliphatic carbocycles.